The number of nitrogens with zero attached hydrogens (tertiary/aromatic N) is 2. The van der Waals surface area contributed by atoms with Gasteiger partial charge in [-0.25, -0.2) is 0 Å². The predicted octanol–water partition coefficient (Wildman–Crippen LogP) is 2.08. The Labute approximate surface area is 106 Å². The van der Waals surface area contributed by atoms with Crippen LogP contribution in [0.5, 0.6) is 5.75 Å². The number of benzene rings is 1. The number of hydrogen-bond donors (Lipinski definition) is 1. The molecule has 5 heteroatoms. The van der Waals surface area contributed by atoms with Crippen LogP contribution >= 0.6 is 0 Å². The molecule has 2 aromatic rings. The van der Waals surface area contributed by atoms with E-state index in [9.17, 15) is 0 Å². The lowest BCUT2D eigenvalue weighted by molar-refractivity contribution is 0.401. The lowest BCUT2D eigenvalue weighted by atomic mass is 10.1. The molecule has 5 nitrogen and oxygen atoms in total. The number of methoxy groups -OCH3 is 1. The van der Waals surface area contributed by atoms with E-state index in [2.05, 4.69) is 10.2 Å². The van der Waals surface area contributed by atoms with E-state index >= 15 is 0 Å². The normalized spacial score (nSPS) is 12.4. The van der Waals surface area contributed by atoms with Gasteiger partial charge in [0.15, 0.2) is 0 Å². The first-order chi connectivity index (χ1) is 8.74. The van der Waals surface area contributed by atoms with E-state index in [-0.39, 0.29) is 6.04 Å². The SMILES string of the molecule is CCC(N)c1nnc(Cc2ccccc2OC)o1. The first-order valence-electron chi connectivity index (χ1n) is 5.94. The maximum atomic E-state index is 5.84. The van der Waals surface area contributed by atoms with Gasteiger partial charge >= 0.3 is 0 Å². The van der Waals surface area contributed by atoms with Crippen LogP contribution < -0.4 is 10.5 Å². The first kappa shape index (κ1) is 12.6. The second-order valence-corrected chi connectivity index (χ2v) is 4.04. The van der Waals surface area contributed by atoms with Gasteiger partial charge in [0.1, 0.15) is 5.75 Å². The molecule has 0 radical (unpaired) electrons. The number of hydrogen-bond acceptors (Lipinski definition) is 5. The number of ether oxygens (including phenoxy) is 1. The summed E-state index contributed by atoms with van der Waals surface area (Å²) in [6.07, 6.45) is 1.32. The minimum atomic E-state index is -0.191. The zero-order chi connectivity index (χ0) is 13.0. The summed E-state index contributed by atoms with van der Waals surface area (Å²) < 4.78 is 10.8. The summed E-state index contributed by atoms with van der Waals surface area (Å²) in [5, 5.41) is 7.96. The molecule has 1 atom stereocenters. The number of nitrogens with two attached hydrogens (primary N) is 1. The predicted molar refractivity (Wildman–Crippen MR) is 67.3 cm³/mol. The quantitative estimate of drug-likeness (QED) is 0.875. The molecule has 96 valence electrons. The van der Waals surface area contributed by atoms with Crippen LogP contribution in [-0.4, -0.2) is 17.3 Å². The van der Waals surface area contributed by atoms with Gasteiger partial charge in [-0.05, 0) is 12.5 Å². The van der Waals surface area contributed by atoms with Gasteiger partial charge in [-0.3, -0.25) is 0 Å². The fraction of sp³-hybridized carbons (Fsp3) is 0.385. The Morgan fingerprint density at radius 1 is 1.33 bits per heavy atom. The molecule has 0 saturated carbocycles. The molecule has 18 heavy (non-hydrogen) atoms. The maximum absolute atomic E-state index is 5.84. The van der Waals surface area contributed by atoms with Crippen molar-refractivity contribution in [3.63, 3.8) is 0 Å². The summed E-state index contributed by atoms with van der Waals surface area (Å²) >= 11 is 0. The number of rotatable bonds is 5. The monoisotopic (exact) mass is 247 g/mol. The fourth-order valence-corrected chi connectivity index (χ4v) is 1.67. The largest absolute Gasteiger partial charge is 0.496 e. The van der Waals surface area contributed by atoms with Crippen LogP contribution in [0.2, 0.25) is 0 Å². The molecule has 0 aliphatic rings. The standard InChI is InChI=1S/C13H17N3O2/c1-3-10(14)13-16-15-12(18-13)8-9-6-4-5-7-11(9)17-2/h4-7,10H,3,8,14H2,1-2H3. The van der Waals surface area contributed by atoms with E-state index in [4.69, 9.17) is 14.9 Å². The van der Waals surface area contributed by atoms with Crippen molar-refractivity contribution >= 4 is 0 Å². The van der Waals surface area contributed by atoms with Gasteiger partial charge in [-0.15, -0.1) is 10.2 Å². The van der Waals surface area contributed by atoms with Gasteiger partial charge in [-0.1, -0.05) is 25.1 Å². The van der Waals surface area contributed by atoms with Crippen molar-refractivity contribution < 1.29 is 9.15 Å². The van der Waals surface area contributed by atoms with E-state index in [1.54, 1.807) is 7.11 Å². The Balaban J connectivity index is 2.16. The maximum Gasteiger partial charge on any atom is 0.233 e. The minimum absolute atomic E-state index is 0.191. The summed E-state index contributed by atoms with van der Waals surface area (Å²) in [5.41, 5.74) is 6.85. The molecule has 0 saturated heterocycles. The Morgan fingerprint density at radius 3 is 2.83 bits per heavy atom. The van der Waals surface area contributed by atoms with Crippen LogP contribution in [0, 0.1) is 0 Å². The van der Waals surface area contributed by atoms with Crippen molar-refractivity contribution in [2.45, 2.75) is 25.8 Å². The molecular weight excluding hydrogens is 230 g/mol. The van der Waals surface area contributed by atoms with Crippen molar-refractivity contribution in [3.8, 4) is 5.75 Å². The van der Waals surface area contributed by atoms with Crippen molar-refractivity contribution in [2.75, 3.05) is 7.11 Å². The Kier molecular flexibility index (Phi) is 3.94. The van der Waals surface area contributed by atoms with Gasteiger partial charge in [-0.2, -0.15) is 0 Å². The van der Waals surface area contributed by atoms with Gasteiger partial charge in [0, 0.05) is 5.56 Å². The molecular formula is C13H17N3O2. The third-order valence-corrected chi connectivity index (χ3v) is 2.77. The van der Waals surface area contributed by atoms with Gasteiger partial charge in [0.05, 0.1) is 19.6 Å². The first-order valence-corrected chi connectivity index (χ1v) is 5.94. The Morgan fingerprint density at radius 2 is 2.11 bits per heavy atom. The third kappa shape index (κ3) is 2.68. The second kappa shape index (κ2) is 5.64. The Hall–Kier alpha value is -1.88. The molecule has 0 fully saturated rings. The average molecular weight is 247 g/mol. The molecule has 1 heterocycles. The fourth-order valence-electron chi connectivity index (χ4n) is 1.67. The minimum Gasteiger partial charge on any atom is -0.496 e. The summed E-state index contributed by atoms with van der Waals surface area (Å²) in [5.74, 6) is 1.86. The van der Waals surface area contributed by atoms with Crippen molar-refractivity contribution in [1.29, 1.82) is 0 Å². The molecule has 0 aliphatic heterocycles. The van der Waals surface area contributed by atoms with E-state index in [0.717, 1.165) is 17.7 Å². The van der Waals surface area contributed by atoms with Gasteiger partial charge < -0.3 is 14.9 Å². The summed E-state index contributed by atoms with van der Waals surface area (Å²) in [4.78, 5) is 0. The van der Waals surface area contributed by atoms with E-state index < -0.39 is 0 Å². The van der Waals surface area contributed by atoms with Crippen LogP contribution in [0.3, 0.4) is 0 Å². The molecule has 0 amide bonds. The van der Waals surface area contributed by atoms with Crippen LogP contribution in [0.25, 0.3) is 0 Å². The highest BCUT2D eigenvalue weighted by Crippen LogP contribution is 2.21. The van der Waals surface area contributed by atoms with Gasteiger partial charge in [0.25, 0.3) is 0 Å². The summed E-state index contributed by atoms with van der Waals surface area (Å²) in [6, 6.07) is 7.57. The highest BCUT2D eigenvalue weighted by Gasteiger charge is 2.13. The highest BCUT2D eigenvalue weighted by atomic mass is 16.5. The Bertz CT molecular complexity index is 510. The topological polar surface area (TPSA) is 74.2 Å². The molecule has 2 rings (SSSR count). The van der Waals surface area contributed by atoms with Crippen LogP contribution in [0.1, 0.15) is 36.7 Å². The van der Waals surface area contributed by atoms with Crippen molar-refractivity contribution in [1.82, 2.24) is 10.2 Å². The van der Waals surface area contributed by atoms with E-state index in [1.807, 2.05) is 31.2 Å². The molecule has 1 aromatic carbocycles. The van der Waals surface area contributed by atoms with Gasteiger partial charge in [0.2, 0.25) is 11.8 Å². The second-order valence-electron chi connectivity index (χ2n) is 4.04. The van der Waals surface area contributed by atoms with E-state index in [0.29, 0.717) is 18.2 Å². The molecule has 2 N–H and O–H groups in total. The van der Waals surface area contributed by atoms with Crippen molar-refractivity contribution in [2.24, 2.45) is 5.73 Å². The lowest BCUT2D eigenvalue weighted by Gasteiger charge is -2.05. The lowest BCUT2D eigenvalue weighted by Crippen LogP contribution is -2.08. The van der Waals surface area contributed by atoms with Crippen LogP contribution in [-0.2, 0) is 6.42 Å². The average Bonchev–Trinajstić information content (AvgIpc) is 2.87. The van der Waals surface area contributed by atoms with Crippen molar-refractivity contribution in [3.05, 3.63) is 41.6 Å². The molecule has 1 aromatic heterocycles. The summed E-state index contributed by atoms with van der Waals surface area (Å²) in [7, 11) is 1.64. The van der Waals surface area contributed by atoms with Crippen LogP contribution in [0.4, 0.5) is 0 Å². The third-order valence-electron chi connectivity index (χ3n) is 2.77. The van der Waals surface area contributed by atoms with E-state index in [1.165, 1.54) is 0 Å². The number of aromatic nitrogens is 2. The zero-order valence-electron chi connectivity index (χ0n) is 10.6. The van der Waals surface area contributed by atoms with Crippen LogP contribution in [0.15, 0.2) is 28.7 Å². The zero-order valence-corrected chi connectivity index (χ0v) is 10.6. The number of para-hydroxylation sites is 1. The molecule has 0 spiro atoms. The smallest absolute Gasteiger partial charge is 0.233 e. The highest BCUT2D eigenvalue weighted by molar-refractivity contribution is 5.34. The summed E-state index contributed by atoms with van der Waals surface area (Å²) in [6.45, 7) is 1.98. The molecule has 0 aliphatic carbocycles. The molecule has 0 bridgehead atoms. The molecule has 1 unspecified atom stereocenters.